The van der Waals surface area contributed by atoms with Crippen LogP contribution in [0.25, 0.3) is 0 Å². The topological polar surface area (TPSA) is 21.7 Å². The summed E-state index contributed by atoms with van der Waals surface area (Å²) in [5.41, 5.74) is 1.18. The summed E-state index contributed by atoms with van der Waals surface area (Å²) in [5, 5.41) is 1.36. The average molecular weight is 129 g/mol. The van der Waals surface area contributed by atoms with Gasteiger partial charge in [-0.2, -0.15) is 0 Å². The standard InChI is InChI=1S/C6H11NO2/c1-5-4-7(8-3)9-6(5)2/h4,6H,1-3H3. The van der Waals surface area contributed by atoms with E-state index < -0.39 is 0 Å². The van der Waals surface area contributed by atoms with Gasteiger partial charge in [0.2, 0.25) is 0 Å². The van der Waals surface area contributed by atoms with Gasteiger partial charge in [-0.1, -0.05) is 0 Å². The van der Waals surface area contributed by atoms with Crippen molar-refractivity contribution in [3.63, 3.8) is 0 Å². The molecule has 1 heterocycles. The summed E-state index contributed by atoms with van der Waals surface area (Å²) in [6.45, 7) is 3.98. The second-order valence-corrected chi connectivity index (χ2v) is 2.09. The van der Waals surface area contributed by atoms with E-state index in [0.717, 1.165) is 0 Å². The van der Waals surface area contributed by atoms with Crippen LogP contribution in [-0.4, -0.2) is 18.4 Å². The van der Waals surface area contributed by atoms with E-state index in [4.69, 9.17) is 9.68 Å². The van der Waals surface area contributed by atoms with Gasteiger partial charge in [0, 0.05) is 0 Å². The molecule has 0 aromatic rings. The predicted molar refractivity (Wildman–Crippen MR) is 33.2 cm³/mol. The van der Waals surface area contributed by atoms with E-state index in [1.54, 1.807) is 7.11 Å². The van der Waals surface area contributed by atoms with Crippen LogP contribution in [0.15, 0.2) is 11.8 Å². The van der Waals surface area contributed by atoms with E-state index in [0.29, 0.717) is 0 Å². The maximum atomic E-state index is 5.14. The van der Waals surface area contributed by atoms with Crippen molar-refractivity contribution < 1.29 is 9.68 Å². The number of nitrogens with zero attached hydrogens (tertiary/aromatic N) is 1. The van der Waals surface area contributed by atoms with E-state index in [9.17, 15) is 0 Å². The minimum atomic E-state index is 0.157. The zero-order chi connectivity index (χ0) is 6.85. The van der Waals surface area contributed by atoms with Crippen molar-refractivity contribution in [3.8, 4) is 0 Å². The van der Waals surface area contributed by atoms with E-state index >= 15 is 0 Å². The first-order valence-electron chi connectivity index (χ1n) is 2.92. The summed E-state index contributed by atoms with van der Waals surface area (Å²) in [6, 6.07) is 0. The Morgan fingerprint density at radius 3 is 2.67 bits per heavy atom. The molecule has 0 amide bonds. The van der Waals surface area contributed by atoms with Gasteiger partial charge >= 0.3 is 0 Å². The number of hydrogen-bond donors (Lipinski definition) is 0. The van der Waals surface area contributed by atoms with Gasteiger partial charge in [0.1, 0.15) is 6.10 Å². The van der Waals surface area contributed by atoms with E-state index in [1.807, 2.05) is 20.0 Å². The largest absolute Gasteiger partial charge is 0.252 e. The SMILES string of the molecule is CON1C=C(C)C(C)O1. The predicted octanol–water partition coefficient (Wildman–Crippen LogP) is 1.09. The van der Waals surface area contributed by atoms with Crippen LogP contribution >= 0.6 is 0 Å². The molecule has 3 nitrogen and oxygen atoms in total. The molecule has 1 unspecified atom stereocenters. The summed E-state index contributed by atoms with van der Waals surface area (Å²) in [4.78, 5) is 9.93. The van der Waals surface area contributed by atoms with Crippen LogP contribution < -0.4 is 0 Å². The lowest BCUT2D eigenvalue weighted by atomic mass is 10.2. The summed E-state index contributed by atoms with van der Waals surface area (Å²) < 4.78 is 0. The van der Waals surface area contributed by atoms with E-state index in [2.05, 4.69) is 0 Å². The van der Waals surface area contributed by atoms with Crippen molar-refractivity contribution in [2.24, 2.45) is 0 Å². The average Bonchev–Trinajstić information content (AvgIpc) is 2.13. The molecule has 9 heavy (non-hydrogen) atoms. The summed E-state index contributed by atoms with van der Waals surface area (Å²) in [7, 11) is 1.57. The van der Waals surface area contributed by atoms with Crippen LogP contribution in [0.5, 0.6) is 0 Å². The minimum absolute atomic E-state index is 0.157. The Balaban J connectivity index is 2.52. The molecule has 0 fully saturated rings. The molecule has 0 saturated carbocycles. The van der Waals surface area contributed by atoms with Crippen molar-refractivity contribution in [1.29, 1.82) is 0 Å². The summed E-state index contributed by atoms with van der Waals surface area (Å²) in [6.07, 6.45) is 1.98. The molecule has 0 radical (unpaired) electrons. The zero-order valence-electron chi connectivity index (χ0n) is 5.92. The minimum Gasteiger partial charge on any atom is -0.252 e. The van der Waals surface area contributed by atoms with Gasteiger partial charge < -0.3 is 0 Å². The third kappa shape index (κ3) is 1.23. The molecule has 0 bridgehead atoms. The normalized spacial score (nSPS) is 26.8. The number of rotatable bonds is 1. The van der Waals surface area contributed by atoms with Crippen molar-refractivity contribution in [2.75, 3.05) is 7.11 Å². The maximum Gasteiger partial charge on any atom is 0.108 e. The highest BCUT2D eigenvalue weighted by molar-refractivity contribution is 5.04. The Morgan fingerprint density at radius 2 is 2.44 bits per heavy atom. The lowest BCUT2D eigenvalue weighted by Gasteiger charge is -2.11. The third-order valence-electron chi connectivity index (χ3n) is 1.39. The van der Waals surface area contributed by atoms with Gasteiger partial charge in [0.05, 0.1) is 13.3 Å². The molecule has 0 aromatic carbocycles. The first-order valence-corrected chi connectivity index (χ1v) is 2.92. The van der Waals surface area contributed by atoms with Crippen LogP contribution in [0.2, 0.25) is 0 Å². The van der Waals surface area contributed by atoms with E-state index in [-0.39, 0.29) is 6.10 Å². The molecule has 1 aliphatic heterocycles. The Bertz CT molecular complexity index is 133. The van der Waals surface area contributed by atoms with Crippen LogP contribution in [-0.2, 0) is 9.68 Å². The fourth-order valence-corrected chi connectivity index (χ4v) is 0.636. The Hall–Kier alpha value is -0.540. The van der Waals surface area contributed by atoms with Gasteiger partial charge in [-0.05, 0) is 19.4 Å². The fourth-order valence-electron chi connectivity index (χ4n) is 0.636. The molecule has 3 heteroatoms. The first-order chi connectivity index (χ1) is 4.24. The monoisotopic (exact) mass is 129 g/mol. The van der Waals surface area contributed by atoms with Gasteiger partial charge in [-0.25, -0.2) is 4.84 Å². The molecule has 1 aliphatic rings. The van der Waals surface area contributed by atoms with Crippen LogP contribution in [0.4, 0.5) is 0 Å². The number of hydroxylamine groups is 2. The van der Waals surface area contributed by atoms with Gasteiger partial charge in [-0.15, -0.1) is 5.23 Å². The fraction of sp³-hybridized carbons (Fsp3) is 0.667. The van der Waals surface area contributed by atoms with Crippen molar-refractivity contribution in [2.45, 2.75) is 20.0 Å². The van der Waals surface area contributed by atoms with Crippen LogP contribution in [0.1, 0.15) is 13.8 Å². The molecule has 1 atom stereocenters. The lowest BCUT2D eigenvalue weighted by molar-refractivity contribution is -0.321. The summed E-state index contributed by atoms with van der Waals surface area (Å²) in [5.74, 6) is 0. The first kappa shape index (κ1) is 6.58. The Morgan fingerprint density at radius 1 is 1.78 bits per heavy atom. The van der Waals surface area contributed by atoms with Gasteiger partial charge in [0.25, 0.3) is 0 Å². The molecule has 0 spiro atoms. The quantitative estimate of drug-likeness (QED) is 0.529. The van der Waals surface area contributed by atoms with Crippen LogP contribution in [0, 0.1) is 0 Å². The van der Waals surface area contributed by atoms with Crippen LogP contribution in [0.3, 0.4) is 0 Å². The smallest absolute Gasteiger partial charge is 0.108 e. The second-order valence-electron chi connectivity index (χ2n) is 2.09. The van der Waals surface area contributed by atoms with Crippen molar-refractivity contribution >= 4 is 0 Å². The highest BCUT2D eigenvalue weighted by Crippen LogP contribution is 2.16. The molecule has 1 rings (SSSR count). The second kappa shape index (κ2) is 2.37. The Labute approximate surface area is 54.8 Å². The summed E-state index contributed by atoms with van der Waals surface area (Å²) >= 11 is 0. The third-order valence-corrected chi connectivity index (χ3v) is 1.39. The highest BCUT2D eigenvalue weighted by atomic mass is 16.9. The Kier molecular flexibility index (Phi) is 1.73. The molecule has 52 valence electrons. The lowest BCUT2D eigenvalue weighted by Crippen LogP contribution is -2.14. The van der Waals surface area contributed by atoms with E-state index in [1.165, 1.54) is 10.8 Å². The van der Waals surface area contributed by atoms with Crippen molar-refractivity contribution in [3.05, 3.63) is 11.8 Å². The zero-order valence-corrected chi connectivity index (χ0v) is 5.92. The molecule has 0 aliphatic carbocycles. The molecular weight excluding hydrogens is 118 g/mol. The highest BCUT2D eigenvalue weighted by Gasteiger charge is 2.17. The molecule has 0 aromatic heterocycles. The maximum absolute atomic E-state index is 5.14. The van der Waals surface area contributed by atoms with Gasteiger partial charge in [-0.3, -0.25) is 4.84 Å². The van der Waals surface area contributed by atoms with Crippen molar-refractivity contribution in [1.82, 2.24) is 5.23 Å². The molecule has 0 saturated heterocycles. The molecular formula is C6H11NO2. The van der Waals surface area contributed by atoms with Gasteiger partial charge in [0.15, 0.2) is 0 Å². The number of hydrogen-bond acceptors (Lipinski definition) is 3. The molecule has 0 N–H and O–H groups in total.